The molecule has 0 amide bonds. The Balaban J connectivity index is 2.64. The molecule has 1 aliphatic heterocycles. The number of rotatable bonds is 0. The Hall–Kier alpha value is -0.0400. The Kier molecular flexibility index (Phi) is 0.826. The van der Waals surface area contributed by atoms with Gasteiger partial charge in [-0.15, -0.1) is 0 Å². The molecule has 0 N–H and O–H groups in total. The van der Waals surface area contributed by atoms with Crippen LogP contribution >= 0.6 is 0 Å². The average Bonchev–Trinajstić information content (AvgIpc) is 1.87. The van der Waals surface area contributed by atoms with Crippen LogP contribution in [0.15, 0.2) is 0 Å². The van der Waals surface area contributed by atoms with Crippen LogP contribution < -0.4 is 0 Å². The smallest absolute Gasteiger partial charge is 0.0886 e. The van der Waals surface area contributed by atoms with Gasteiger partial charge in [-0.25, -0.2) is 0 Å². The summed E-state index contributed by atoms with van der Waals surface area (Å²) in [5.41, 5.74) is 0. The van der Waals surface area contributed by atoms with Crippen molar-refractivity contribution < 1.29 is 8.60 Å². The van der Waals surface area contributed by atoms with Crippen molar-refractivity contribution in [3.05, 3.63) is 0 Å². The molecule has 1 rings (SSSR count). The first-order chi connectivity index (χ1) is 4.96. The summed E-state index contributed by atoms with van der Waals surface area (Å²) >= 11 is 0. The van der Waals surface area contributed by atoms with Crippen LogP contribution in [0.4, 0.5) is 0 Å². The summed E-state index contributed by atoms with van der Waals surface area (Å²) in [5, 5.41) is 0. The van der Waals surface area contributed by atoms with Crippen LogP contribution in [0.5, 0.6) is 0 Å². The second kappa shape index (κ2) is 2.06. The molecule has 1 nitrogen and oxygen atoms in total. The van der Waals surface area contributed by atoms with Crippen LogP contribution in [0.3, 0.4) is 0 Å². The van der Waals surface area contributed by atoms with Gasteiger partial charge in [0.05, 0.1) is 31.2 Å². The van der Waals surface area contributed by atoms with Gasteiger partial charge >= 0.3 is 0 Å². The van der Waals surface area contributed by atoms with E-state index in [0.29, 0.717) is 0 Å². The minimum Gasteiger partial charge on any atom is -0.328 e. The van der Waals surface area contributed by atoms with E-state index in [1.165, 1.54) is 6.42 Å². The van der Waals surface area contributed by atoms with Crippen molar-refractivity contribution in [3.63, 3.8) is 0 Å². The number of hydrogen-bond donors (Lipinski definition) is 0. The normalized spacial score (nSPS) is 34.9. The van der Waals surface area contributed by atoms with Crippen LogP contribution in [0.1, 0.15) is 23.4 Å². The molecule has 0 atom stereocenters. The highest BCUT2D eigenvalue weighted by Gasteiger charge is 2.17. The molecular formula is C7H16N+. The van der Waals surface area contributed by atoms with Crippen molar-refractivity contribution in [2.75, 3.05) is 27.1 Å². The fraction of sp³-hybridized carbons (Fsp3) is 1.00. The average molecular weight is 118 g/mol. The third-order valence-corrected chi connectivity index (χ3v) is 1.80. The van der Waals surface area contributed by atoms with Crippen molar-refractivity contribution in [3.8, 4) is 0 Å². The lowest BCUT2D eigenvalue weighted by Gasteiger charge is -2.33. The van der Waals surface area contributed by atoms with Crippen molar-refractivity contribution in [2.24, 2.45) is 0 Å². The van der Waals surface area contributed by atoms with Gasteiger partial charge in [-0.05, 0) is 19.3 Å². The maximum absolute atomic E-state index is 7.33. The van der Waals surface area contributed by atoms with Gasteiger partial charge in [0.2, 0.25) is 0 Å². The summed E-state index contributed by atoms with van der Waals surface area (Å²) in [6.45, 7) is -0.173. The van der Waals surface area contributed by atoms with Gasteiger partial charge in [-0.3, -0.25) is 0 Å². The van der Waals surface area contributed by atoms with E-state index in [0.717, 1.165) is 25.9 Å². The molecule has 1 fully saturated rings. The van der Waals surface area contributed by atoms with E-state index in [1.807, 2.05) is 7.05 Å². The minimum atomic E-state index is -1.81. The number of nitrogens with zero attached hydrogens (tertiary/aromatic N) is 1. The van der Waals surface area contributed by atoms with Crippen LogP contribution in [-0.4, -0.2) is 31.6 Å². The fourth-order valence-corrected chi connectivity index (χ4v) is 1.21. The molecule has 1 heterocycles. The Morgan fingerprint density at radius 3 is 2.25 bits per heavy atom. The van der Waals surface area contributed by atoms with E-state index in [4.69, 9.17) is 4.11 Å². The van der Waals surface area contributed by atoms with E-state index < -0.39 is 6.98 Å². The monoisotopic (exact) mass is 118 g/mol. The zero-order valence-electron chi connectivity index (χ0n) is 8.48. The van der Waals surface area contributed by atoms with E-state index in [-0.39, 0.29) is 4.48 Å². The summed E-state index contributed by atoms with van der Waals surface area (Å²) in [6, 6.07) is 0. The van der Waals surface area contributed by atoms with Crippen molar-refractivity contribution in [1.82, 2.24) is 0 Å². The first-order valence-corrected chi connectivity index (χ1v) is 3.30. The van der Waals surface area contributed by atoms with Crippen LogP contribution in [-0.2, 0) is 0 Å². The first kappa shape index (κ1) is 3.21. The van der Waals surface area contributed by atoms with Crippen molar-refractivity contribution >= 4 is 0 Å². The Labute approximate surface area is 56.1 Å². The second-order valence-corrected chi connectivity index (χ2v) is 2.90. The zero-order valence-corrected chi connectivity index (χ0v) is 5.48. The molecule has 1 saturated heterocycles. The standard InChI is InChI=1S/C7H16N/c1-8(2)6-4-3-5-7-8/h3-7H2,1-2H3/q+1/i1+1D3. The molecule has 0 aromatic heterocycles. The summed E-state index contributed by atoms with van der Waals surface area (Å²) in [4.78, 5) is 0. The van der Waals surface area contributed by atoms with Gasteiger partial charge in [0.25, 0.3) is 0 Å². The molecule has 0 radical (unpaired) electrons. The lowest BCUT2D eigenvalue weighted by Crippen LogP contribution is -2.43. The largest absolute Gasteiger partial charge is 0.328 e. The van der Waals surface area contributed by atoms with E-state index in [9.17, 15) is 0 Å². The summed E-state index contributed by atoms with van der Waals surface area (Å²) in [6.07, 6.45) is 3.33. The number of likely N-dealkylation sites (tertiary alicyclic amines) is 1. The third-order valence-electron chi connectivity index (χ3n) is 1.80. The second-order valence-electron chi connectivity index (χ2n) is 2.90. The van der Waals surface area contributed by atoms with Crippen LogP contribution in [0.25, 0.3) is 0 Å². The summed E-state index contributed by atoms with van der Waals surface area (Å²) in [7, 11) is 1.84. The molecule has 0 aliphatic carbocycles. The predicted octanol–water partition coefficient (Wildman–Crippen LogP) is 1.25. The third kappa shape index (κ3) is 1.48. The molecule has 0 aromatic rings. The van der Waals surface area contributed by atoms with Gasteiger partial charge in [-0.1, -0.05) is 0 Å². The van der Waals surface area contributed by atoms with Crippen LogP contribution in [0.2, 0.25) is 0 Å². The molecule has 1 aliphatic rings. The zero-order chi connectivity index (χ0) is 8.54. The maximum Gasteiger partial charge on any atom is 0.0886 e. The lowest BCUT2D eigenvalue weighted by atomic mass is 10.1. The van der Waals surface area contributed by atoms with Gasteiger partial charge in [-0.2, -0.15) is 0 Å². The Morgan fingerprint density at radius 2 is 1.88 bits per heavy atom. The molecule has 8 heavy (non-hydrogen) atoms. The molecule has 0 aromatic carbocycles. The molecule has 0 spiro atoms. The van der Waals surface area contributed by atoms with Crippen LogP contribution in [0, 0.1) is 0 Å². The SMILES string of the molecule is [2H][13C]([2H])([2H])[N+]1(C)CCCCC1. The molecule has 48 valence electrons. The van der Waals surface area contributed by atoms with E-state index >= 15 is 0 Å². The maximum atomic E-state index is 7.33. The summed E-state index contributed by atoms with van der Waals surface area (Å²) < 4.78 is 22.3. The predicted molar refractivity (Wildman–Crippen MR) is 35.7 cm³/mol. The minimum absolute atomic E-state index is 0.271. The molecule has 1 heteroatoms. The first-order valence-electron chi connectivity index (χ1n) is 4.80. The van der Waals surface area contributed by atoms with Crippen molar-refractivity contribution in [1.29, 1.82) is 0 Å². The van der Waals surface area contributed by atoms with E-state index in [2.05, 4.69) is 0 Å². The fourth-order valence-electron chi connectivity index (χ4n) is 1.21. The van der Waals surface area contributed by atoms with E-state index in [1.54, 1.807) is 0 Å². The quantitative estimate of drug-likeness (QED) is 0.332. The van der Waals surface area contributed by atoms with Gasteiger partial charge in [0, 0.05) is 0 Å². The molecule has 0 saturated carbocycles. The lowest BCUT2D eigenvalue weighted by molar-refractivity contribution is -0.894. The van der Waals surface area contributed by atoms with Crippen molar-refractivity contribution in [2.45, 2.75) is 19.3 Å². The summed E-state index contributed by atoms with van der Waals surface area (Å²) in [5.74, 6) is 0. The highest BCUT2D eigenvalue weighted by atomic mass is 15.4. The Morgan fingerprint density at radius 1 is 1.25 bits per heavy atom. The highest BCUT2D eigenvalue weighted by molar-refractivity contribution is 4.47. The topological polar surface area (TPSA) is 0 Å². The highest BCUT2D eigenvalue weighted by Crippen LogP contribution is 2.11. The molecular weight excluding hydrogens is 99.1 g/mol. The number of quaternary nitrogens is 1. The van der Waals surface area contributed by atoms with Gasteiger partial charge < -0.3 is 4.48 Å². The van der Waals surface area contributed by atoms with Gasteiger partial charge in [0.1, 0.15) is 0 Å². The number of hydrogen-bond acceptors (Lipinski definition) is 0. The number of piperidine rings is 1. The Bertz CT molecular complexity index is 135. The molecule has 0 unspecified atom stereocenters. The molecule has 0 bridgehead atoms. The van der Waals surface area contributed by atoms with Gasteiger partial charge in [0.15, 0.2) is 0 Å².